The van der Waals surface area contributed by atoms with Gasteiger partial charge in [0.1, 0.15) is 6.04 Å². The summed E-state index contributed by atoms with van der Waals surface area (Å²) in [4.78, 5) is 12.5. The summed E-state index contributed by atoms with van der Waals surface area (Å²) in [6, 6.07) is 9.60. The summed E-state index contributed by atoms with van der Waals surface area (Å²) in [6.07, 6.45) is 5.22. The number of carbonyl (C=O) groups excluding carboxylic acids is 1. The van der Waals surface area contributed by atoms with E-state index in [2.05, 4.69) is 17.4 Å². The molecule has 2 unspecified atom stereocenters. The normalized spacial score (nSPS) is 20.9. The van der Waals surface area contributed by atoms with Gasteiger partial charge in [0.15, 0.2) is 0 Å². The first-order chi connectivity index (χ1) is 10.9. The van der Waals surface area contributed by atoms with E-state index in [1.165, 1.54) is 16.1 Å². The molecule has 1 aromatic rings. The number of hydrogen-bond acceptors (Lipinski definition) is 3. The molecular weight excluding hydrogens is 312 g/mol. The summed E-state index contributed by atoms with van der Waals surface area (Å²) >= 11 is 0. The second kappa shape index (κ2) is 7.93. The molecule has 1 fully saturated rings. The summed E-state index contributed by atoms with van der Waals surface area (Å²) in [5.74, 6) is -0.171. The Morgan fingerprint density at radius 2 is 2.00 bits per heavy atom. The predicted octanol–water partition coefficient (Wildman–Crippen LogP) is 1.94. The van der Waals surface area contributed by atoms with Gasteiger partial charge in [-0.1, -0.05) is 36.8 Å². The molecule has 1 aliphatic heterocycles. The zero-order chi connectivity index (χ0) is 16.9. The molecule has 0 bridgehead atoms. The van der Waals surface area contributed by atoms with Crippen LogP contribution in [0.25, 0.3) is 0 Å². The van der Waals surface area contributed by atoms with Gasteiger partial charge < -0.3 is 5.32 Å². The van der Waals surface area contributed by atoms with Crippen LogP contribution in [0.15, 0.2) is 30.3 Å². The van der Waals surface area contributed by atoms with Gasteiger partial charge in [0.05, 0.1) is 6.26 Å². The highest BCUT2D eigenvalue weighted by atomic mass is 32.2. The van der Waals surface area contributed by atoms with Crippen LogP contribution in [0.5, 0.6) is 0 Å². The molecule has 2 atom stereocenters. The monoisotopic (exact) mass is 338 g/mol. The number of rotatable bonds is 6. The van der Waals surface area contributed by atoms with E-state index in [0.717, 1.165) is 25.7 Å². The SMILES string of the molecule is CC(CCc1ccccc1)NC(=O)C1CCCCN1S(C)(=O)=O. The Balaban J connectivity index is 1.89. The van der Waals surface area contributed by atoms with Crippen LogP contribution in [0.4, 0.5) is 0 Å². The minimum Gasteiger partial charge on any atom is -0.352 e. The van der Waals surface area contributed by atoms with Crippen molar-refractivity contribution in [1.29, 1.82) is 0 Å². The Morgan fingerprint density at radius 3 is 2.65 bits per heavy atom. The molecule has 6 heteroatoms. The van der Waals surface area contributed by atoms with E-state index in [9.17, 15) is 13.2 Å². The number of benzene rings is 1. The Labute approximate surface area is 139 Å². The lowest BCUT2D eigenvalue weighted by atomic mass is 10.0. The van der Waals surface area contributed by atoms with E-state index in [1.54, 1.807) is 0 Å². The van der Waals surface area contributed by atoms with Crippen LogP contribution in [0.3, 0.4) is 0 Å². The molecule has 1 aromatic carbocycles. The molecule has 23 heavy (non-hydrogen) atoms. The number of sulfonamides is 1. The third-order valence-electron chi connectivity index (χ3n) is 4.28. The summed E-state index contributed by atoms with van der Waals surface area (Å²) < 4.78 is 25.0. The highest BCUT2D eigenvalue weighted by Crippen LogP contribution is 2.20. The zero-order valence-electron chi connectivity index (χ0n) is 13.9. The first kappa shape index (κ1) is 17.9. The van der Waals surface area contributed by atoms with E-state index in [1.807, 2.05) is 25.1 Å². The summed E-state index contributed by atoms with van der Waals surface area (Å²) in [7, 11) is -3.34. The minimum absolute atomic E-state index is 0.0195. The number of aryl methyl sites for hydroxylation is 1. The van der Waals surface area contributed by atoms with Crippen LogP contribution >= 0.6 is 0 Å². The van der Waals surface area contributed by atoms with Crippen LogP contribution in [0.1, 0.15) is 38.2 Å². The molecule has 0 spiro atoms. The molecule has 2 rings (SSSR count). The first-order valence-corrected chi connectivity index (χ1v) is 10.0. The van der Waals surface area contributed by atoms with Crippen molar-refractivity contribution in [3.8, 4) is 0 Å². The third kappa shape index (κ3) is 5.32. The number of carbonyl (C=O) groups is 1. The fourth-order valence-corrected chi connectivity index (χ4v) is 4.13. The Bertz CT molecular complexity index is 616. The maximum Gasteiger partial charge on any atom is 0.238 e. The molecule has 5 nitrogen and oxygen atoms in total. The molecule has 1 heterocycles. The Kier molecular flexibility index (Phi) is 6.18. The van der Waals surface area contributed by atoms with Crippen LogP contribution in [0, 0.1) is 0 Å². The molecule has 1 N–H and O–H groups in total. The highest BCUT2D eigenvalue weighted by molar-refractivity contribution is 7.88. The Morgan fingerprint density at radius 1 is 1.30 bits per heavy atom. The second-order valence-electron chi connectivity index (χ2n) is 6.32. The molecule has 0 saturated carbocycles. The molecule has 1 aliphatic rings. The van der Waals surface area contributed by atoms with Gasteiger partial charge in [0.25, 0.3) is 0 Å². The number of hydrogen-bond donors (Lipinski definition) is 1. The van der Waals surface area contributed by atoms with Gasteiger partial charge in [-0.05, 0) is 38.2 Å². The van der Waals surface area contributed by atoms with Gasteiger partial charge in [-0.25, -0.2) is 8.42 Å². The van der Waals surface area contributed by atoms with E-state index in [-0.39, 0.29) is 11.9 Å². The van der Waals surface area contributed by atoms with Crippen LogP contribution in [-0.4, -0.2) is 43.5 Å². The average molecular weight is 338 g/mol. The van der Waals surface area contributed by atoms with Crippen molar-refractivity contribution in [3.05, 3.63) is 35.9 Å². The predicted molar refractivity (Wildman–Crippen MR) is 91.6 cm³/mol. The van der Waals surface area contributed by atoms with Crippen LogP contribution in [0.2, 0.25) is 0 Å². The lowest BCUT2D eigenvalue weighted by molar-refractivity contribution is -0.126. The van der Waals surface area contributed by atoms with Gasteiger partial charge in [-0.2, -0.15) is 4.31 Å². The number of nitrogens with zero attached hydrogens (tertiary/aromatic N) is 1. The maximum absolute atomic E-state index is 12.5. The summed E-state index contributed by atoms with van der Waals surface area (Å²) in [5.41, 5.74) is 1.24. The molecule has 0 aromatic heterocycles. The highest BCUT2D eigenvalue weighted by Gasteiger charge is 2.34. The van der Waals surface area contributed by atoms with Gasteiger partial charge >= 0.3 is 0 Å². The number of amides is 1. The van der Waals surface area contributed by atoms with Crippen LogP contribution < -0.4 is 5.32 Å². The fourth-order valence-electron chi connectivity index (χ4n) is 3.00. The average Bonchev–Trinajstić information content (AvgIpc) is 2.53. The molecule has 1 saturated heterocycles. The number of piperidine rings is 1. The molecule has 1 amide bonds. The van der Waals surface area contributed by atoms with Crippen molar-refractivity contribution in [2.24, 2.45) is 0 Å². The molecule has 128 valence electrons. The van der Waals surface area contributed by atoms with Gasteiger partial charge in [0, 0.05) is 12.6 Å². The minimum atomic E-state index is -3.34. The zero-order valence-corrected chi connectivity index (χ0v) is 14.7. The third-order valence-corrected chi connectivity index (χ3v) is 5.57. The number of nitrogens with one attached hydrogen (secondary N) is 1. The second-order valence-corrected chi connectivity index (χ2v) is 8.25. The largest absolute Gasteiger partial charge is 0.352 e. The lowest BCUT2D eigenvalue weighted by Gasteiger charge is -2.33. The smallest absolute Gasteiger partial charge is 0.238 e. The standard InChI is InChI=1S/C17H26N2O3S/c1-14(11-12-15-8-4-3-5-9-15)18-17(20)16-10-6-7-13-19(16)23(2,21)22/h3-5,8-9,14,16H,6-7,10-13H2,1-2H3,(H,18,20). The van der Waals surface area contributed by atoms with Gasteiger partial charge in [0.2, 0.25) is 15.9 Å². The quantitative estimate of drug-likeness (QED) is 0.862. The summed E-state index contributed by atoms with van der Waals surface area (Å²) in [6.45, 7) is 2.41. The van der Waals surface area contributed by atoms with Gasteiger partial charge in [-0.3, -0.25) is 4.79 Å². The van der Waals surface area contributed by atoms with Crippen molar-refractivity contribution in [2.75, 3.05) is 12.8 Å². The van der Waals surface area contributed by atoms with E-state index in [0.29, 0.717) is 13.0 Å². The van der Waals surface area contributed by atoms with Crippen molar-refractivity contribution >= 4 is 15.9 Å². The van der Waals surface area contributed by atoms with Crippen molar-refractivity contribution in [3.63, 3.8) is 0 Å². The topological polar surface area (TPSA) is 66.5 Å². The lowest BCUT2D eigenvalue weighted by Crippen LogP contribution is -2.53. The first-order valence-electron chi connectivity index (χ1n) is 8.19. The molecule has 0 aliphatic carbocycles. The molecule has 0 radical (unpaired) electrons. The summed E-state index contributed by atoms with van der Waals surface area (Å²) in [5, 5.41) is 2.98. The maximum atomic E-state index is 12.5. The Hall–Kier alpha value is -1.40. The van der Waals surface area contributed by atoms with E-state index in [4.69, 9.17) is 0 Å². The van der Waals surface area contributed by atoms with Crippen molar-refractivity contribution in [2.45, 2.75) is 51.1 Å². The van der Waals surface area contributed by atoms with Crippen molar-refractivity contribution < 1.29 is 13.2 Å². The van der Waals surface area contributed by atoms with Crippen LogP contribution in [-0.2, 0) is 21.2 Å². The van der Waals surface area contributed by atoms with E-state index < -0.39 is 16.1 Å². The molecular formula is C17H26N2O3S. The van der Waals surface area contributed by atoms with Gasteiger partial charge in [-0.15, -0.1) is 0 Å². The fraction of sp³-hybridized carbons (Fsp3) is 0.588. The van der Waals surface area contributed by atoms with Crippen molar-refractivity contribution in [1.82, 2.24) is 9.62 Å². The van der Waals surface area contributed by atoms with E-state index >= 15 is 0 Å².